The number of nitrogens with one attached hydrogen (secondary N) is 1. The number of likely N-dealkylation sites (N-methyl/N-ethyl adjacent to an activating group) is 1. The Morgan fingerprint density at radius 1 is 1.32 bits per heavy atom. The number of hydrogen-bond donors (Lipinski definition) is 2. The van der Waals surface area contributed by atoms with Gasteiger partial charge in [-0.25, -0.2) is 0 Å². The minimum absolute atomic E-state index is 0.00752. The summed E-state index contributed by atoms with van der Waals surface area (Å²) < 4.78 is 5.75. The highest BCUT2D eigenvalue weighted by Gasteiger charge is 2.16. The number of hydrogen-bond acceptors (Lipinski definition) is 4. The fourth-order valence-corrected chi connectivity index (χ4v) is 2.49. The van der Waals surface area contributed by atoms with Crippen LogP contribution in [0.3, 0.4) is 0 Å². The molecule has 2 atom stereocenters. The van der Waals surface area contributed by atoms with E-state index in [4.69, 9.17) is 4.74 Å². The number of amides is 1. The summed E-state index contributed by atoms with van der Waals surface area (Å²) in [6.45, 7) is 7.16. The van der Waals surface area contributed by atoms with Crippen LogP contribution in [0.15, 0.2) is 18.2 Å². The smallest absolute Gasteiger partial charge is 0.223 e. The van der Waals surface area contributed by atoms with Crippen LogP contribution in [-0.2, 0) is 4.79 Å². The van der Waals surface area contributed by atoms with Gasteiger partial charge in [-0.15, -0.1) is 0 Å². The minimum atomic E-state index is -0.596. The van der Waals surface area contributed by atoms with Crippen LogP contribution in [0.25, 0.3) is 0 Å². The molecule has 0 heterocycles. The molecule has 0 aliphatic heterocycles. The van der Waals surface area contributed by atoms with E-state index >= 15 is 0 Å². The number of rotatable bonds is 8. The van der Waals surface area contributed by atoms with Gasteiger partial charge in [0.2, 0.25) is 5.91 Å². The molecule has 124 valence electrons. The standard InChI is InChI=1S/C17H28N2O3/c1-12-7-6-8-13(2)16(12)22-11-15(20)10-19(5)9-14(3)17(21)18-4/h6-8,14-15,20H,9-11H2,1-5H3,(H,18,21). The fraction of sp³-hybridized carbons (Fsp3) is 0.588. The van der Waals surface area contributed by atoms with Crippen LogP contribution in [0.4, 0.5) is 0 Å². The Balaban J connectivity index is 2.43. The zero-order valence-corrected chi connectivity index (χ0v) is 14.2. The van der Waals surface area contributed by atoms with Crippen molar-refractivity contribution < 1.29 is 14.6 Å². The molecule has 0 aliphatic carbocycles. The molecule has 1 rings (SSSR count). The molecule has 1 aromatic carbocycles. The van der Waals surface area contributed by atoms with Gasteiger partial charge >= 0.3 is 0 Å². The number of para-hydroxylation sites is 1. The number of carbonyl (C=O) groups excluding carboxylic acids is 1. The summed E-state index contributed by atoms with van der Waals surface area (Å²) in [5.74, 6) is 0.734. The Kier molecular flexibility index (Phi) is 7.35. The third-order valence-electron chi connectivity index (χ3n) is 3.63. The van der Waals surface area contributed by atoms with Crippen LogP contribution < -0.4 is 10.1 Å². The maximum absolute atomic E-state index is 11.5. The molecule has 1 amide bonds. The molecular weight excluding hydrogens is 280 g/mol. The van der Waals surface area contributed by atoms with Crippen LogP contribution in [0.5, 0.6) is 5.75 Å². The highest BCUT2D eigenvalue weighted by Crippen LogP contribution is 2.22. The molecule has 5 nitrogen and oxygen atoms in total. The van der Waals surface area contributed by atoms with E-state index < -0.39 is 6.10 Å². The van der Waals surface area contributed by atoms with Crippen molar-refractivity contribution in [3.63, 3.8) is 0 Å². The summed E-state index contributed by atoms with van der Waals surface area (Å²) >= 11 is 0. The molecule has 0 radical (unpaired) electrons. The molecule has 2 unspecified atom stereocenters. The third kappa shape index (κ3) is 5.66. The lowest BCUT2D eigenvalue weighted by molar-refractivity contribution is -0.124. The predicted molar refractivity (Wildman–Crippen MR) is 88.1 cm³/mol. The highest BCUT2D eigenvalue weighted by atomic mass is 16.5. The van der Waals surface area contributed by atoms with Gasteiger partial charge in [-0.05, 0) is 32.0 Å². The maximum atomic E-state index is 11.5. The summed E-state index contributed by atoms with van der Waals surface area (Å²) in [5.41, 5.74) is 2.13. The van der Waals surface area contributed by atoms with E-state index in [1.165, 1.54) is 0 Å². The van der Waals surface area contributed by atoms with Crippen molar-refractivity contribution in [3.05, 3.63) is 29.3 Å². The van der Waals surface area contributed by atoms with Crippen LogP contribution in [0.1, 0.15) is 18.1 Å². The van der Waals surface area contributed by atoms with Gasteiger partial charge in [-0.2, -0.15) is 0 Å². The highest BCUT2D eigenvalue weighted by molar-refractivity contribution is 5.78. The first kappa shape index (κ1) is 18.5. The van der Waals surface area contributed by atoms with E-state index in [-0.39, 0.29) is 18.4 Å². The monoisotopic (exact) mass is 308 g/mol. The largest absolute Gasteiger partial charge is 0.490 e. The number of aliphatic hydroxyl groups is 1. The normalized spacial score (nSPS) is 13.8. The Labute approximate surface area is 133 Å². The first-order chi connectivity index (χ1) is 10.3. The Morgan fingerprint density at radius 3 is 2.45 bits per heavy atom. The lowest BCUT2D eigenvalue weighted by Gasteiger charge is -2.23. The first-order valence-electron chi connectivity index (χ1n) is 7.62. The Hall–Kier alpha value is -1.59. The van der Waals surface area contributed by atoms with E-state index in [9.17, 15) is 9.90 Å². The lowest BCUT2D eigenvalue weighted by Crippen LogP contribution is -2.39. The molecular formula is C17H28N2O3. The van der Waals surface area contributed by atoms with Crippen LogP contribution >= 0.6 is 0 Å². The molecule has 0 bridgehead atoms. The summed E-state index contributed by atoms with van der Waals surface area (Å²) in [6.07, 6.45) is -0.596. The van der Waals surface area contributed by atoms with E-state index in [2.05, 4.69) is 5.32 Å². The number of nitrogens with zero attached hydrogens (tertiary/aromatic N) is 1. The molecule has 5 heteroatoms. The SMILES string of the molecule is CNC(=O)C(C)CN(C)CC(O)COc1c(C)cccc1C. The van der Waals surface area contributed by atoms with Gasteiger partial charge in [0, 0.05) is 26.1 Å². The average Bonchev–Trinajstić information content (AvgIpc) is 2.45. The number of carbonyl (C=O) groups is 1. The van der Waals surface area contributed by atoms with Gasteiger partial charge in [0.25, 0.3) is 0 Å². The maximum Gasteiger partial charge on any atom is 0.223 e. The van der Waals surface area contributed by atoms with E-state index in [0.29, 0.717) is 13.1 Å². The quantitative estimate of drug-likeness (QED) is 0.761. The van der Waals surface area contributed by atoms with Gasteiger partial charge < -0.3 is 20.1 Å². The van der Waals surface area contributed by atoms with Crippen molar-refractivity contribution in [2.24, 2.45) is 5.92 Å². The minimum Gasteiger partial charge on any atom is -0.490 e. The summed E-state index contributed by atoms with van der Waals surface area (Å²) in [6, 6.07) is 5.97. The van der Waals surface area contributed by atoms with Gasteiger partial charge in [-0.1, -0.05) is 25.1 Å². The number of aryl methyl sites for hydroxylation is 2. The van der Waals surface area contributed by atoms with Crippen LogP contribution in [0, 0.1) is 19.8 Å². The zero-order chi connectivity index (χ0) is 16.7. The van der Waals surface area contributed by atoms with Crippen LogP contribution in [0.2, 0.25) is 0 Å². The second-order valence-corrected chi connectivity index (χ2v) is 5.92. The van der Waals surface area contributed by atoms with Crippen molar-refractivity contribution in [2.75, 3.05) is 33.8 Å². The second kappa shape index (κ2) is 8.76. The van der Waals surface area contributed by atoms with Crippen molar-refractivity contribution in [1.82, 2.24) is 10.2 Å². The topological polar surface area (TPSA) is 61.8 Å². The molecule has 0 saturated heterocycles. The lowest BCUT2D eigenvalue weighted by atomic mass is 10.1. The van der Waals surface area contributed by atoms with Crippen molar-refractivity contribution in [2.45, 2.75) is 26.9 Å². The number of ether oxygens (including phenoxy) is 1. The predicted octanol–water partition coefficient (Wildman–Crippen LogP) is 1.36. The molecule has 0 aromatic heterocycles. The number of benzene rings is 1. The van der Waals surface area contributed by atoms with Gasteiger partial charge in [0.1, 0.15) is 18.5 Å². The van der Waals surface area contributed by atoms with Crippen LogP contribution in [-0.4, -0.2) is 55.8 Å². The Morgan fingerprint density at radius 2 is 1.91 bits per heavy atom. The molecule has 0 aliphatic rings. The molecule has 0 spiro atoms. The van der Waals surface area contributed by atoms with Crippen molar-refractivity contribution >= 4 is 5.91 Å². The molecule has 0 fully saturated rings. The molecule has 1 aromatic rings. The molecule has 0 saturated carbocycles. The average molecular weight is 308 g/mol. The Bertz CT molecular complexity index is 471. The summed E-state index contributed by atoms with van der Waals surface area (Å²) in [4.78, 5) is 13.4. The van der Waals surface area contributed by atoms with E-state index in [1.807, 2.05) is 50.9 Å². The zero-order valence-electron chi connectivity index (χ0n) is 14.2. The number of aliphatic hydroxyl groups excluding tert-OH is 1. The van der Waals surface area contributed by atoms with E-state index in [0.717, 1.165) is 16.9 Å². The fourth-order valence-electron chi connectivity index (χ4n) is 2.49. The van der Waals surface area contributed by atoms with Gasteiger partial charge in [0.05, 0.1) is 0 Å². The summed E-state index contributed by atoms with van der Waals surface area (Å²) in [5, 5.41) is 12.7. The second-order valence-electron chi connectivity index (χ2n) is 5.92. The first-order valence-corrected chi connectivity index (χ1v) is 7.62. The van der Waals surface area contributed by atoms with Crippen molar-refractivity contribution in [1.29, 1.82) is 0 Å². The van der Waals surface area contributed by atoms with Crippen molar-refractivity contribution in [3.8, 4) is 5.75 Å². The molecule has 22 heavy (non-hydrogen) atoms. The third-order valence-corrected chi connectivity index (χ3v) is 3.63. The van der Waals surface area contributed by atoms with Gasteiger partial charge in [-0.3, -0.25) is 4.79 Å². The van der Waals surface area contributed by atoms with E-state index in [1.54, 1.807) is 7.05 Å². The molecule has 2 N–H and O–H groups in total. The summed E-state index contributed by atoms with van der Waals surface area (Å²) in [7, 11) is 3.52. The van der Waals surface area contributed by atoms with Gasteiger partial charge in [0.15, 0.2) is 0 Å².